The molecule has 0 radical (unpaired) electrons. The third-order valence-electron chi connectivity index (χ3n) is 2.87. The zero-order chi connectivity index (χ0) is 14.7. The van der Waals surface area contributed by atoms with Gasteiger partial charge in [0.15, 0.2) is 6.04 Å². The molecule has 0 aliphatic carbocycles. The highest BCUT2D eigenvalue weighted by Gasteiger charge is 2.18. The lowest BCUT2D eigenvalue weighted by Crippen LogP contribution is -2.30. The molecule has 6 heteroatoms. The van der Waals surface area contributed by atoms with E-state index in [0.717, 1.165) is 10.2 Å². The Morgan fingerprint density at radius 1 is 1.25 bits per heavy atom. The lowest BCUT2D eigenvalue weighted by atomic mass is 10.1. The highest BCUT2D eigenvalue weighted by molar-refractivity contribution is 6.30. The number of ether oxygens (including phenoxy) is 1. The van der Waals surface area contributed by atoms with Gasteiger partial charge in [0.2, 0.25) is 0 Å². The number of aromatic nitrogens is 2. The van der Waals surface area contributed by atoms with Crippen molar-refractivity contribution < 1.29 is 9.53 Å². The zero-order valence-electron chi connectivity index (χ0n) is 11.0. The number of hydrogen-bond donors (Lipinski definition) is 0. The first kappa shape index (κ1) is 14.3. The van der Waals surface area contributed by atoms with Crippen molar-refractivity contribution in [2.45, 2.75) is 13.0 Å². The molecule has 0 saturated carbocycles. The topological polar surface area (TPSA) is 61.2 Å². The maximum atomic E-state index is 11.8. The van der Waals surface area contributed by atoms with Crippen LogP contribution in [0, 0.1) is 0 Å². The van der Waals surface area contributed by atoms with E-state index in [0.29, 0.717) is 10.7 Å². The molecule has 0 aliphatic heterocycles. The molecule has 0 fully saturated rings. The van der Waals surface area contributed by atoms with E-state index in [9.17, 15) is 9.59 Å². The summed E-state index contributed by atoms with van der Waals surface area (Å²) >= 11 is 5.83. The number of rotatable bonds is 3. The summed E-state index contributed by atoms with van der Waals surface area (Å²) in [7, 11) is 1.27. The van der Waals surface area contributed by atoms with Crippen molar-refractivity contribution in [2.24, 2.45) is 0 Å². The molecule has 1 heterocycles. The van der Waals surface area contributed by atoms with Gasteiger partial charge in [-0.3, -0.25) is 4.79 Å². The third kappa shape index (κ3) is 2.88. The average Bonchev–Trinajstić information content (AvgIpc) is 2.47. The molecule has 5 nitrogen and oxygen atoms in total. The maximum absolute atomic E-state index is 11.8. The summed E-state index contributed by atoms with van der Waals surface area (Å²) in [6, 6.07) is 9.25. The summed E-state index contributed by atoms with van der Waals surface area (Å²) in [5.41, 5.74) is 1.03. The van der Waals surface area contributed by atoms with Crippen molar-refractivity contribution in [1.29, 1.82) is 0 Å². The summed E-state index contributed by atoms with van der Waals surface area (Å²) in [4.78, 5) is 23.3. The molecule has 1 aromatic heterocycles. The second-order valence-electron chi connectivity index (χ2n) is 4.21. The Bertz CT molecular complexity index is 680. The zero-order valence-corrected chi connectivity index (χ0v) is 11.8. The van der Waals surface area contributed by atoms with E-state index < -0.39 is 12.0 Å². The first-order chi connectivity index (χ1) is 9.52. The van der Waals surface area contributed by atoms with Crippen LogP contribution in [0.1, 0.15) is 13.0 Å². The van der Waals surface area contributed by atoms with E-state index >= 15 is 0 Å². The smallest absolute Gasteiger partial charge is 0.330 e. The van der Waals surface area contributed by atoms with E-state index in [2.05, 4.69) is 9.84 Å². The van der Waals surface area contributed by atoms with Gasteiger partial charge in [-0.1, -0.05) is 23.7 Å². The minimum Gasteiger partial charge on any atom is -0.467 e. The molecule has 104 valence electrons. The predicted molar refractivity (Wildman–Crippen MR) is 75.7 cm³/mol. The van der Waals surface area contributed by atoms with E-state index in [1.54, 1.807) is 37.3 Å². The monoisotopic (exact) mass is 292 g/mol. The molecule has 0 bridgehead atoms. The van der Waals surface area contributed by atoms with Gasteiger partial charge < -0.3 is 4.74 Å². The lowest BCUT2D eigenvalue weighted by Gasteiger charge is -2.12. The van der Waals surface area contributed by atoms with Gasteiger partial charge in [-0.05, 0) is 25.1 Å². The molecule has 0 spiro atoms. The highest BCUT2D eigenvalue weighted by Crippen LogP contribution is 2.19. The van der Waals surface area contributed by atoms with Crippen LogP contribution in [0.3, 0.4) is 0 Å². The van der Waals surface area contributed by atoms with Crippen molar-refractivity contribution in [3.63, 3.8) is 0 Å². The minimum atomic E-state index is -0.778. The Hall–Kier alpha value is -2.14. The Kier molecular flexibility index (Phi) is 4.20. The predicted octanol–water partition coefficient (Wildman–Crippen LogP) is 2.30. The van der Waals surface area contributed by atoms with Crippen molar-refractivity contribution >= 4 is 17.6 Å². The molecule has 0 saturated heterocycles. The van der Waals surface area contributed by atoms with Crippen LogP contribution < -0.4 is 5.56 Å². The Labute approximate surface area is 120 Å². The summed E-state index contributed by atoms with van der Waals surface area (Å²) in [5, 5.41) is 4.82. The van der Waals surface area contributed by atoms with Crippen LogP contribution in [0.5, 0.6) is 0 Å². The van der Waals surface area contributed by atoms with Crippen LogP contribution in [0.4, 0.5) is 0 Å². The van der Waals surface area contributed by atoms with Crippen molar-refractivity contribution in [1.82, 2.24) is 9.78 Å². The average molecular weight is 293 g/mol. The summed E-state index contributed by atoms with van der Waals surface area (Å²) in [6.07, 6.45) is 0. The molecule has 1 aromatic carbocycles. The second kappa shape index (κ2) is 5.88. The molecular formula is C14H13ClN2O3. The number of benzene rings is 1. The van der Waals surface area contributed by atoms with Crippen LogP contribution in [0.15, 0.2) is 41.2 Å². The second-order valence-corrected chi connectivity index (χ2v) is 4.64. The highest BCUT2D eigenvalue weighted by atomic mass is 35.5. The van der Waals surface area contributed by atoms with Gasteiger partial charge in [0.1, 0.15) is 0 Å². The SMILES string of the molecule is COC(=O)[C@H](C)n1nc(-c2ccc(Cl)cc2)ccc1=O. The largest absolute Gasteiger partial charge is 0.467 e. The lowest BCUT2D eigenvalue weighted by molar-refractivity contribution is -0.144. The fraction of sp³-hybridized carbons (Fsp3) is 0.214. The first-order valence-corrected chi connectivity index (χ1v) is 6.34. The van der Waals surface area contributed by atoms with Gasteiger partial charge in [0, 0.05) is 16.7 Å². The minimum absolute atomic E-state index is 0.361. The van der Waals surface area contributed by atoms with E-state index in [1.165, 1.54) is 13.2 Å². The number of methoxy groups -OCH3 is 1. The summed E-state index contributed by atoms with van der Waals surface area (Å²) < 4.78 is 5.73. The molecule has 20 heavy (non-hydrogen) atoms. The van der Waals surface area contributed by atoms with Crippen LogP contribution in [-0.2, 0) is 9.53 Å². The normalized spacial score (nSPS) is 11.9. The number of carbonyl (C=O) groups excluding carboxylic acids is 1. The van der Waals surface area contributed by atoms with Gasteiger partial charge in [0.05, 0.1) is 12.8 Å². The Morgan fingerprint density at radius 3 is 2.50 bits per heavy atom. The number of halogens is 1. The quantitative estimate of drug-likeness (QED) is 0.814. The van der Waals surface area contributed by atoms with E-state index in [4.69, 9.17) is 11.6 Å². The number of hydrogen-bond acceptors (Lipinski definition) is 4. The number of esters is 1. The Morgan fingerprint density at radius 2 is 1.90 bits per heavy atom. The van der Waals surface area contributed by atoms with Gasteiger partial charge in [0.25, 0.3) is 5.56 Å². The van der Waals surface area contributed by atoms with Gasteiger partial charge >= 0.3 is 5.97 Å². The van der Waals surface area contributed by atoms with E-state index in [-0.39, 0.29) is 5.56 Å². The summed E-state index contributed by atoms with van der Waals surface area (Å²) in [6.45, 7) is 1.56. The van der Waals surface area contributed by atoms with Crippen LogP contribution in [-0.4, -0.2) is 22.9 Å². The van der Waals surface area contributed by atoms with Crippen LogP contribution in [0.25, 0.3) is 11.3 Å². The van der Waals surface area contributed by atoms with Crippen molar-refractivity contribution in [3.8, 4) is 11.3 Å². The third-order valence-corrected chi connectivity index (χ3v) is 3.13. The fourth-order valence-electron chi connectivity index (χ4n) is 1.75. The number of nitrogens with zero attached hydrogens (tertiary/aromatic N) is 2. The molecule has 0 N–H and O–H groups in total. The number of carbonyl (C=O) groups is 1. The van der Waals surface area contributed by atoms with Crippen LogP contribution >= 0.6 is 11.6 Å². The molecule has 1 atom stereocenters. The maximum Gasteiger partial charge on any atom is 0.330 e. The molecule has 2 aromatic rings. The van der Waals surface area contributed by atoms with Crippen LogP contribution in [0.2, 0.25) is 5.02 Å². The van der Waals surface area contributed by atoms with Crippen molar-refractivity contribution in [3.05, 3.63) is 51.8 Å². The van der Waals surface area contributed by atoms with Gasteiger partial charge in [-0.25, -0.2) is 9.48 Å². The Balaban J connectivity index is 2.45. The molecular weight excluding hydrogens is 280 g/mol. The molecule has 2 rings (SSSR count). The standard InChI is InChI=1S/C14H13ClN2O3/c1-9(14(19)20-2)17-13(18)8-7-12(16-17)10-3-5-11(15)6-4-10/h3-9H,1-2H3/t9-/m0/s1. The van der Waals surface area contributed by atoms with E-state index in [1.807, 2.05) is 0 Å². The molecule has 0 amide bonds. The summed E-state index contributed by atoms with van der Waals surface area (Å²) in [5.74, 6) is -0.521. The van der Waals surface area contributed by atoms with Gasteiger partial charge in [-0.2, -0.15) is 5.10 Å². The first-order valence-electron chi connectivity index (χ1n) is 5.96. The molecule has 0 aliphatic rings. The fourth-order valence-corrected chi connectivity index (χ4v) is 1.87. The van der Waals surface area contributed by atoms with Crippen molar-refractivity contribution in [2.75, 3.05) is 7.11 Å². The molecule has 0 unspecified atom stereocenters. The van der Waals surface area contributed by atoms with Gasteiger partial charge in [-0.15, -0.1) is 0 Å².